The number of furan rings is 1. The summed E-state index contributed by atoms with van der Waals surface area (Å²) in [4.78, 5) is 29.9. The van der Waals surface area contributed by atoms with Crippen LogP contribution in [0.1, 0.15) is 24.2 Å². The van der Waals surface area contributed by atoms with Crippen LogP contribution in [0.4, 0.5) is 0 Å². The predicted molar refractivity (Wildman–Crippen MR) is 128 cm³/mol. The lowest BCUT2D eigenvalue weighted by atomic mass is 10.1. The zero-order chi connectivity index (χ0) is 23.9. The molecule has 1 aromatic carbocycles. The molecular formula is C25H27N5O5. The smallest absolute Gasteiger partial charge is 0.291 e. The second-order valence-corrected chi connectivity index (χ2v) is 9.06. The average molecular weight is 478 g/mol. The van der Waals surface area contributed by atoms with Gasteiger partial charge in [-0.25, -0.2) is 4.68 Å². The molecule has 0 saturated carbocycles. The number of benzene rings is 1. The monoisotopic (exact) mass is 477 g/mol. The molecule has 4 aromatic rings. The van der Waals surface area contributed by atoms with Crippen molar-refractivity contribution in [2.75, 3.05) is 33.0 Å². The second kappa shape index (κ2) is 8.77. The van der Waals surface area contributed by atoms with Gasteiger partial charge in [0.25, 0.3) is 5.56 Å². The summed E-state index contributed by atoms with van der Waals surface area (Å²) in [5.41, 5.74) is 3.04. The summed E-state index contributed by atoms with van der Waals surface area (Å²) >= 11 is 0. The molecule has 2 aliphatic heterocycles. The predicted octanol–water partition coefficient (Wildman–Crippen LogP) is 2.40. The maximum atomic E-state index is 12.9. The minimum Gasteiger partial charge on any atom is -0.463 e. The summed E-state index contributed by atoms with van der Waals surface area (Å²) in [7, 11) is 0. The maximum absolute atomic E-state index is 12.9. The van der Waals surface area contributed by atoms with E-state index in [4.69, 9.17) is 13.9 Å². The molecule has 0 unspecified atom stereocenters. The number of aryl methyl sites for hydroxylation is 2. The van der Waals surface area contributed by atoms with Gasteiger partial charge in [0.15, 0.2) is 17.1 Å². The van der Waals surface area contributed by atoms with E-state index in [0.717, 1.165) is 36.6 Å². The largest absolute Gasteiger partial charge is 0.463 e. The van der Waals surface area contributed by atoms with Crippen molar-refractivity contribution in [3.8, 4) is 11.5 Å². The van der Waals surface area contributed by atoms with Crippen LogP contribution in [0.25, 0.3) is 16.6 Å². The number of amides is 1. The highest BCUT2D eigenvalue weighted by molar-refractivity contribution is 5.82. The van der Waals surface area contributed by atoms with E-state index in [0.29, 0.717) is 49.4 Å². The molecule has 182 valence electrons. The maximum Gasteiger partial charge on any atom is 0.291 e. The van der Waals surface area contributed by atoms with Crippen molar-refractivity contribution in [2.24, 2.45) is 0 Å². The van der Waals surface area contributed by atoms with E-state index >= 15 is 0 Å². The quantitative estimate of drug-likeness (QED) is 0.421. The van der Waals surface area contributed by atoms with Gasteiger partial charge >= 0.3 is 0 Å². The summed E-state index contributed by atoms with van der Waals surface area (Å²) < 4.78 is 19.5. The van der Waals surface area contributed by atoms with Gasteiger partial charge < -0.3 is 18.8 Å². The lowest BCUT2D eigenvalue weighted by Crippen LogP contribution is -2.48. The Morgan fingerprint density at radius 1 is 1.03 bits per heavy atom. The van der Waals surface area contributed by atoms with Crippen LogP contribution in [0.5, 0.6) is 11.5 Å². The Morgan fingerprint density at radius 2 is 1.86 bits per heavy atom. The first-order chi connectivity index (χ1) is 17.1. The van der Waals surface area contributed by atoms with Crippen LogP contribution in [-0.4, -0.2) is 62.9 Å². The fourth-order valence-corrected chi connectivity index (χ4v) is 4.97. The van der Waals surface area contributed by atoms with Crippen molar-refractivity contribution in [1.82, 2.24) is 24.0 Å². The molecule has 0 aliphatic carbocycles. The molecule has 10 nitrogen and oxygen atoms in total. The topological polar surface area (TPSA) is 94.5 Å². The van der Waals surface area contributed by atoms with E-state index in [-0.39, 0.29) is 18.3 Å². The zero-order valence-electron chi connectivity index (χ0n) is 19.6. The molecule has 1 amide bonds. The fraction of sp³-hybridized carbons (Fsp3) is 0.400. The molecular weight excluding hydrogens is 450 g/mol. The number of piperazine rings is 1. The highest BCUT2D eigenvalue weighted by atomic mass is 16.7. The van der Waals surface area contributed by atoms with E-state index in [1.165, 1.54) is 10.2 Å². The Bertz CT molecular complexity index is 1460. The van der Waals surface area contributed by atoms with Crippen LogP contribution in [0.2, 0.25) is 0 Å². The lowest BCUT2D eigenvalue weighted by molar-refractivity contribution is -0.133. The van der Waals surface area contributed by atoms with E-state index in [9.17, 15) is 9.59 Å². The summed E-state index contributed by atoms with van der Waals surface area (Å²) in [6.07, 6.45) is 2.56. The van der Waals surface area contributed by atoms with Gasteiger partial charge in [-0.15, -0.1) is 0 Å². The van der Waals surface area contributed by atoms with Gasteiger partial charge in [-0.2, -0.15) is 5.10 Å². The molecule has 0 bridgehead atoms. The Balaban J connectivity index is 1.02. The van der Waals surface area contributed by atoms with E-state index in [2.05, 4.69) is 16.1 Å². The first kappa shape index (κ1) is 21.7. The van der Waals surface area contributed by atoms with Crippen LogP contribution in [0.15, 0.2) is 45.8 Å². The molecule has 6 rings (SSSR count). The van der Waals surface area contributed by atoms with Crippen molar-refractivity contribution in [3.05, 3.63) is 58.3 Å². The third-order valence-corrected chi connectivity index (χ3v) is 6.79. The molecule has 0 radical (unpaired) electrons. The number of fused-ring (bicyclic) bond motifs is 4. The van der Waals surface area contributed by atoms with Crippen molar-refractivity contribution >= 4 is 22.5 Å². The minimum absolute atomic E-state index is 0.124. The van der Waals surface area contributed by atoms with Crippen LogP contribution >= 0.6 is 0 Å². The summed E-state index contributed by atoms with van der Waals surface area (Å²) in [5, 5.41) is 4.46. The van der Waals surface area contributed by atoms with Crippen LogP contribution in [0, 0.1) is 6.92 Å². The van der Waals surface area contributed by atoms with E-state index < -0.39 is 0 Å². The Morgan fingerprint density at radius 3 is 2.71 bits per heavy atom. The Kier molecular flexibility index (Phi) is 5.44. The number of carbonyl (C=O) groups excluding carboxylic acids is 1. The minimum atomic E-state index is -0.174. The number of rotatable bonds is 6. The average Bonchev–Trinajstić information content (AvgIpc) is 3.58. The highest BCUT2D eigenvalue weighted by Gasteiger charge is 2.22. The fourth-order valence-electron chi connectivity index (χ4n) is 4.97. The molecule has 1 fully saturated rings. The van der Waals surface area contributed by atoms with Gasteiger partial charge in [0.05, 0.1) is 11.8 Å². The number of nitrogens with zero attached hydrogens (tertiary/aromatic N) is 5. The van der Waals surface area contributed by atoms with Gasteiger partial charge in [-0.05, 0) is 31.0 Å². The van der Waals surface area contributed by atoms with Gasteiger partial charge in [0.1, 0.15) is 11.3 Å². The normalized spacial score (nSPS) is 16.0. The van der Waals surface area contributed by atoms with Gasteiger partial charge in [0, 0.05) is 57.8 Å². The molecule has 2 aliphatic rings. The van der Waals surface area contributed by atoms with Crippen LogP contribution < -0.4 is 15.0 Å². The highest BCUT2D eigenvalue weighted by Crippen LogP contribution is 2.32. The molecule has 10 heteroatoms. The third-order valence-electron chi connectivity index (χ3n) is 6.79. The van der Waals surface area contributed by atoms with E-state index in [1.807, 2.05) is 34.4 Å². The zero-order valence-corrected chi connectivity index (χ0v) is 19.6. The second-order valence-electron chi connectivity index (χ2n) is 9.06. The molecule has 1 saturated heterocycles. The molecule has 0 atom stereocenters. The lowest BCUT2D eigenvalue weighted by Gasteiger charge is -2.34. The standard InChI is InChI=1S/C25H27N5O5/c1-17-26-29(25(32)20-14-22-19(30(17)20)6-12-33-22)7-2-3-24(31)28-10-8-27(9-11-28)15-18-4-5-21-23(13-18)35-16-34-21/h4-6,12-14H,2-3,7-11,15-16H2,1H3. The first-order valence-electron chi connectivity index (χ1n) is 11.9. The van der Waals surface area contributed by atoms with Crippen molar-refractivity contribution in [2.45, 2.75) is 32.9 Å². The molecule has 3 aromatic heterocycles. The number of hydrogen-bond acceptors (Lipinski definition) is 7. The van der Waals surface area contributed by atoms with Gasteiger partial charge in [-0.3, -0.25) is 18.9 Å². The van der Waals surface area contributed by atoms with Crippen molar-refractivity contribution < 1.29 is 18.7 Å². The SMILES string of the molecule is Cc1nn(CCCC(=O)N2CCN(Cc3ccc4c(c3)OCO4)CC2)c(=O)c2cc3occc3n12. The number of hydrogen-bond donors (Lipinski definition) is 0. The molecule has 35 heavy (non-hydrogen) atoms. The molecule has 0 spiro atoms. The Labute approximate surface area is 201 Å². The number of ether oxygens (including phenoxy) is 2. The summed E-state index contributed by atoms with van der Waals surface area (Å²) in [5.74, 6) is 2.42. The number of carbonyl (C=O) groups is 1. The Hall–Kier alpha value is -3.79. The molecule has 0 N–H and O–H groups in total. The summed E-state index contributed by atoms with van der Waals surface area (Å²) in [6, 6.07) is 9.61. The molecule has 5 heterocycles. The third kappa shape index (κ3) is 4.03. The van der Waals surface area contributed by atoms with Gasteiger partial charge in [0.2, 0.25) is 12.7 Å². The van der Waals surface area contributed by atoms with Crippen LogP contribution in [-0.2, 0) is 17.9 Å². The first-order valence-corrected chi connectivity index (χ1v) is 11.9. The number of aromatic nitrogens is 3. The van der Waals surface area contributed by atoms with Crippen molar-refractivity contribution in [3.63, 3.8) is 0 Å². The summed E-state index contributed by atoms with van der Waals surface area (Å²) in [6.45, 7) is 6.42. The van der Waals surface area contributed by atoms with Crippen molar-refractivity contribution in [1.29, 1.82) is 0 Å². The van der Waals surface area contributed by atoms with Gasteiger partial charge in [-0.1, -0.05) is 6.07 Å². The van der Waals surface area contributed by atoms with E-state index in [1.54, 1.807) is 12.3 Å². The van der Waals surface area contributed by atoms with Crippen LogP contribution in [0.3, 0.4) is 0 Å².